The van der Waals surface area contributed by atoms with E-state index >= 15 is 0 Å². The van der Waals surface area contributed by atoms with Crippen molar-refractivity contribution in [3.05, 3.63) is 54.4 Å². The van der Waals surface area contributed by atoms with Gasteiger partial charge in [-0.15, -0.1) is 0 Å². The van der Waals surface area contributed by atoms with Crippen molar-refractivity contribution in [3.63, 3.8) is 0 Å². The second kappa shape index (κ2) is 6.71. The summed E-state index contributed by atoms with van der Waals surface area (Å²) in [4.78, 5) is 8.06. The van der Waals surface area contributed by atoms with Gasteiger partial charge in [0.1, 0.15) is 16.5 Å². The molecule has 0 N–H and O–H groups in total. The predicted molar refractivity (Wildman–Crippen MR) is 92.0 cm³/mol. The van der Waals surface area contributed by atoms with E-state index in [0.29, 0.717) is 11.7 Å². The van der Waals surface area contributed by atoms with Gasteiger partial charge in [-0.3, -0.25) is 4.98 Å². The van der Waals surface area contributed by atoms with E-state index in [9.17, 15) is 12.8 Å². The number of benzene rings is 1. The first-order valence-electron chi connectivity index (χ1n) is 8.06. The van der Waals surface area contributed by atoms with Crippen molar-refractivity contribution in [1.29, 1.82) is 0 Å². The molecule has 0 atom stereocenters. The number of hydrogen-bond donors (Lipinski definition) is 0. The topological polar surface area (TPSA) is 98.4 Å². The van der Waals surface area contributed by atoms with Gasteiger partial charge in [0.25, 0.3) is 0 Å². The van der Waals surface area contributed by atoms with Crippen LogP contribution in [0.5, 0.6) is 5.75 Å². The number of halogens is 1. The number of pyridine rings is 1. The summed E-state index contributed by atoms with van der Waals surface area (Å²) in [6.07, 6.45) is 3.24. The van der Waals surface area contributed by atoms with Crippen LogP contribution < -0.4 is 4.74 Å². The van der Waals surface area contributed by atoms with E-state index in [2.05, 4.69) is 15.1 Å². The summed E-state index contributed by atoms with van der Waals surface area (Å²) in [5.41, 5.74) is 0.758. The predicted octanol–water partition coefficient (Wildman–Crippen LogP) is 2.07. The highest BCUT2D eigenvalue weighted by atomic mass is 32.2. The highest BCUT2D eigenvalue weighted by molar-refractivity contribution is 7.89. The SMILES string of the molecule is COc1ccc(F)cc1S(=O)(=O)N1CC(c2nc(-c3ccncc3)no2)C1. The second-order valence-electron chi connectivity index (χ2n) is 6.01. The summed E-state index contributed by atoms with van der Waals surface area (Å²) in [5.74, 6) is 0.00495. The Balaban J connectivity index is 1.51. The Morgan fingerprint density at radius 3 is 2.67 bits per heavy atom. The van der Waals surface area contributed by atoms with Gasteiger partial charge in [0.2, 0.25) is 21.7 Å². The van der Waals surface area contributed by atoms with Gasteiger partial charge >= 0.3 is 0 Å². The maximum absolute atomic E-state index is 13.5. The Bertz CT molecular complexity index is 1070. The van der Waals surface area contributed by atoms with E-state index in [4.69, 9.17) is 9.26 Å². The lowest BCUT2D eigenvalue weighted by Gasteiger charge is -2.36. The Labute approximate surface area is 154 Å². The van der Waals surface area contributed by atoms with Crippen LogP contribution >= 0.6 is 0 Å². The Hall–Kier alpha value is -2.85. The van der Waals surface area contributed by atoms with Crippen molar-refractivity contribution < 1.29 is 22.1 Å². The number of hydrogen-bond acceptors (Lipinski definition) is 7. The highest BCUT2D eigenvalue weighted by Gasteiger charge is 2.41. The molecular weight excluding hydrogens is 375 g/mol. The zero-order valence-electron chi connectivity index (χ0n) is 14.2. The van der Waals surface area contributed by atoms with Crippen molar-refractivity contribution in [1.82, 2.24) is 19.4 Å². The average Bonchev–Trinajstić information content (AvgIpc) is 3.10. The fraction of sp³-hybridized carbons (Fsp3) is 0.235. The molecule has 8 nitrogen and oxygen atoms in total. The average molecular weight is 390 g/mol. The molecule has 0 aliphatic carbocycles. The largest absolute Gasteiger partial charge is 0.495 e. The number of rotatable bonds is 5. The number of nitrogens with zero attached hydrogens (tertiary/aromatic N) is 4. The first-order chi connectivity index (χ1) is 13.0. The van der Waals surface area contributed by atoms with Crippen molar-refractivity contribution in [3.8, 4) is 17.1 Å². The van der Waals surface area contributed by atoms with Gasteiger partial charge in [-0.05, 0) is 30.3 Å². The normalized spacial score (nSPS) is 15.5. The zero-order valence-corrected chi connectivity index (χ0v) is 15.1. The van der Waals surface area contributed by atoms with Gasteiger partial charge in [0, 0.05) is 31.0 Å². The standard InChI is InChI=1S/C17H15FN4O4S/c1-25-14-3-2-13(18)8-15(14)27(23,24)22-9-12(10-22)17-20-16(21-26-17)11-4-6-19-7-5-11/h2-8,12H,9-10H2,1H3. The van der Waals surface area contributed by atoms with E-state index in [1.54, 1.807) is 24.5 Å². The maximum atomic E-state index is 13.5. The molecule has 1 aliphatic heterocycles. The van der Waals surface area contributed by atoms with E-state index in [0.717, 1.165) is 17.7 Å². The van der Waals surface area contributed by atoms with Crippen molar-refractivity contribution in [2.75, 3.05) is 20.2 Å². The lowest BCUT2D eigenvalue weighted by Crippen LogP contribution is -2.48. The third kappa shape index (κ3) is 3.17. The van der Waals surface area contributed by atoms with E-state index in [1.807, 2.05) is 0 Å². The van der Waals surface area contributed by atoms with Crippen molar-refractivity contribution >= 4 is 10.0 Å². The third-order valence-electron chi connectivity index (χ3n) is 4.32. The summed E-state index contributed by atoms with van der Waals surface area (Å²) >= 11 is 0. The minimum absolute atomic E-state index is 0.0950. The van der Waals surface area contributed by atoms with E-state index in [-0.39, 0.29) is 29.7 Å². The van der Waals surface area contributed by atoms with Gasteiger partial charge in [-0.2, -0.15) is 9.29 Å². The lowest BCUT2D eigenvalue weighted by atomic mass is 10.0. The van der Waals surface area contributed by atoms with Crippen LogP contribution in [0.4, 0.5) is 4.39 Å². The van der Waals surface area contributed by atoms with Crippen LogP contribution in [-0.2, 0) is 10.0 Å². The molecule has 0 amide bonds. The molecular formula is C17H15FN4O4S. The molecule has 4 rings (SSSR count). The molecule has 1 saturated heterocycles. The Morgan fingerprint density at radius 1 is 1.22 bits per heavy atom. The number of ether oxygens (including phenoxy) is 1. The smallest absolute Gasteiger partial charge is 0.246 e. The summed E-state index contributed by atoms with van der Waals surface area (Å²) < 4.78 is 50.6. The first-order valence-corrected chi connectivity index (χ1v) is 9.51. The molecule has 1 fully saturated rings. The number of aromatic nitrogens is 3. The minimum Gasteiger partial charge on any atom is -0.495 e. The van der Waals surface area contributed by atoms with Crippen LogP contribution in [0.1, 0.15) is 11.8 Å². The summed E-state index contributed by atoms with van der Waals surface area (Å²) in [6, 6.07) is 6.90. The van der Waals surface area contributed by atoms with Gasteiger partial charge in [-0.1, -0.05) is 5.16 Å². The minimum atomic E-state index is -3.88. The van der Waals surface area contributed by atoms with Crippen LogP contribution in [-0.4, -0.2) is 48.0 Å². The summed E-state index contributed by atoms with van der Waals surface area (Å²) in [6.45, 7) is 0.333. The van der Waals surface area contributed by atoms with Crippen LogP contribution in [0.15, 0.2) is 52.1 Å². The Morgan fingerprint density at radius 2 is 1.96 bits per heavy atom. The van der Waals surface area contributed by atoms with Crippen LogP contribution in [0.25, 0.3) is 11.4 Å². The monoisotopic (exact) mass is 390 g/mol. The molecule has 3 heterocycles. The van der Waals surface area contributed by atoms with Crippen molar-refractivity contribution in [2.45, 2.75) is 10.8 Å². The fourth-order valence-corrected chi connectivity index (χ4v) is 4.50. The molecule has 1 aliphatic rings. The third-order valence-corrected chi connectivity index (χ3v) is 6.17. The van der Waals surface area contributed by atoms with E-state index in [1.165, 1.54) is 17.5 Å². The molecule has 27 heavy (non-hydrogen) atoms. The molecule has 10 heteroatoms. The molecule has 1 aromatic carbocycles. The molecule has 0 spiro atoms. The van der Waals surface area contributed by atoms with Gasteiger partial charge in [0.15, 0.2) is 0 Å². The number of methoxy groups -OCH3 is 1. The maximum Gasteiger partial charge on any atom is 0.246 e. The Kier molecular flexibility index (Phi) is 4.36. The molecule has 3 aromatic rings. The molecule has 0 bridgehead atoms. The first kappa shape index (κ1) is 17.6. The molecule has 0 unspecified atom stereocenters. The lowest BCUT2D eigenvalue weighted by molar-refractivity contribution is 0.216. The van der Waals surface area contributed by atoms with Crippen LogP contribution in [0.3, 0.4) is 0 Å². The molecule has 0 radical (unpaired) electrons. The van der Waals surface area contributed by atoms with Crippen molar-refractivity contribution in [2.24, 2.45) is 0 Å². The van der Waals surface area contributed by atoms with E-state index < -0.39 is 15.8 Å². The van der Waals surface area contributed by atoms with Gasteiger partial charge in [-0.25, -0.2) is 12.8 Å². The van der Waals surface area contributed by atoms with Crippen LogP contribution in [0, 0.1) is 5.82 Å². The van der Waals surface area contributed by atoms with Gasteiger partial charge in [0.05, 0.1) is 13.0 Å². The second-order valence-corrected chi connectivity index (χ2v) is 7.91. The summed E-state index contributed by atoms with van der Waals surface area (Å²) in [5, 5.41) is 3.92. The number of sulfonamides is 1. The quantitative estimate of drug-likeness (QED) is 0.658. The van der Waals surface area contributed by atoms with Gasteiger partial charge < -0.3 is 9.26 Å². The molecule has 0 saturated carbocycles. The molecule has 140 valence electrons. The zero-order chi connectivity index (χ0) is 19.0. The highest BCUT2D eigenvalue weighted by Crippen LogP contribution is 2.35. The fourth-order valence-electron chi connectivity index (χ4n) is 2.80. The summed E-state index contributed by atoms with van der Waals surface area (Å²) in [7, 11) is -2.55. The molecule has 2 aromatic heterocycles. The van der Waals surface area contributed by atoms with Crippen LogP contribution in [0.2, 0.25) is 0 Å².